The first-order chi connectivity index (χ1) is 15.9. The van der Waals surface area contributed by atoms with E-state index in [0.29, 0.717) is 24.8 Å². The molecule has 4 rings (SSSR count). The molecule has 174 valence electrons. The number of nitrogens with zero attached hydrogens (tertiary/aromatic N) is 2. The molecule has 6 nitrogen and oxygen atoms in total. The normalized spacial score (nSPS) is 15.4. The van der Waals surface area contributed by atoms with Gasteiger partial charge in [-0.1, -0.05) is 26.0 Å². The zero-order chi connectivity index (χ0) is 23.4. The van der Waals surface area contributed by atoms with E-state index < -0.39 is 0 Å². The number of furan rings is 1. The van der Waals surface area contributed by atoms with Gasteiger partial charge < -0.3 is 19.0 Å². The van der Waals surface area contributed by atoms with Gasteiger partial charge in [-0.25, -0.2) is 0 Å². The molecule has 0 spiro atoms. The number of carbonyl (C=O) groups is 2. The Morgan fingerprint density at radius 2 is 2.00 bits per heavy atom. The molecule has 3 heterocycles. The molecule has 7 heteroatoms. The van der Waals surface area contributed by atoms with E-state index in [2.05, 4.69) is 37.4 Å². The lowest BCUT2D eigenvalue weighted by Gasteiger charge is -2.37. The molecule has 0 unspecified atom stereocenters. The largest absolute Gasteiger partial charge is 0.491 e. The Kier molecular flexibility index (Phi) is 7.18. The second-order valence-electron chi connectivity index (χ2n) is 8.64. The molecule has 1 aliphatic rings. The molecule has 33 heavy (non-hydrogen) atoms. The van der Waals surface area contributed by atoms with Gasteiger partial charge >= 0.3 is 0 Å². The lowest BCUT2D eigenvalue weighted by Crippen LogP contribution is -2.47. The fourth-order valence-electron chi connectivity index (χ4n) is 4.12. The molecule has 0 saturated heterocycles. The zero-order valence-corrected chi connectivity index (χ0v) is 20.1. The molecule has 2 aromatic heterocycles. The minimum Gasteiger partial charge on any atom is -0.491 e. The van der Waals surface area contributed by atoms with E-state index in [1.54, 1.807) is 29.7 Å². The topological polar surface area (TPSA) is 63.0 Å². The van der Waals surface area contributed by atoms with Gasteiger partial charge in [0.25, 0.3) is 0 Å². The van der Waals surface area contributed by atoms with E-state index >= 15 is 0 Å². The Morgan fingerprint density at radius 1 is 1.21 bits per heavy atom. The van der Waals surface area contributed by atoms with Crippen LogP contribution in [-0.4, -0.2) is 41.3 Å². The summed E-state index contributed by atoms with van der Waals surface area (Å²) in [5, 5.41) is 2.07. The first kappa shape index (κ1) is 23.1. The summed E-state index contributed by atoms with van der Waals surface area (Å²) >= 11 is 1.72. The third-order valence-electron chi connectivity index (χ3n) is 6.07. The second-order valence-corrected chi connectivity index (χ2v) is 9.64. The molecule has 0 radical (unpaired) electrons. The zero-order valence-electron chi connectivity index (χ0n) is 19.3. The van der Waals surface area contributed by atoms with E-state index in [1.165, 1.54) is 22.3 Å². The van der Waals surface area contributed by atoms with Crippen LogP contribution in [0, 0.1) is 0 Å². The van der Waals surface area contributed by atoms with Gasteiger partial charge in [0.05, 0.1) is 18.8 Å². The maximum Gasteiger partial charge on any atom is 0.242 e. The van der Waals surface area contributed by atoms with Crippen LogP contribution in [0.4, 0.5) is 0 Å². The van der Waals surface area contributed by atoms with Gasteiger partial charge in [-0.3, -0.25) is 9.59 Å². The van der Waals surface area contributed by atoms with E-state index in [1.807, 2.05) is 17.0 Å². The fourth-order valence-corrected chi connectivity index (χ4v) is 5.05. The Hall–Kier alpha value is -3.06. The fraction of sp³-hybridized carbons (Fsp3) is 0.385. The van der Waals surface area contributed by atoms with Crippen molar-refractivity contribution in [1.29, 1.82) is 0 Å². The quantitative estimate of drug-likeness (QED) is 0.468. The molecular weight excluding hydrogens is 436 g/mol. The molecule has 0 bridgehead atoms. The predicted molar refractivity (Wildman–Crippen MR) is 128 cm³/mol. The van der Waals surface area contributed by atoms with Crippen LogP contribution < -0.4 is 4.74 Å². The highest BCUT2D eigenvalue weighted by Crippen LogP contribution is 2.34. The maximum atomic E-state index is 13.4. The summed E-state index contributed by atoms with van der Waals surface area (Å²) in [5.41, 5.74) is 2.40. The summed E-state index contributed by atoms with van der Waals surface area (Å²) in [4.78, 5) is 30.2. The van der Waals surface area contributed by atoms with Gasteiger partial charge in [0.1, 0.15) is 24.7 Å². The van der Waals surface area contributed by atoms with Crippen LogP contribution in [0.5, 0.6) is 5.75 Å². The number of carbonyl (C=O) groups excluding carboxylic acids is 2. The number of benzene rings is 1. The van der Waals surface area contributed by atoms with Crippen LogP contribution >= 0.6 is 11.3 Å². The van der Waals surface area contributed by atoms with Crippen molar-refractivity contribution in [3.05, 3.63) is 75.9 Å². The Balaban J connectivity index is 1.48. The van der Waals surface area contributed by atoms with Crippen molar-refractivity contribution in [3.63, 3.8) is 0 Å². The molecule has 0 fully saturated rings. The minimum absolute atomic E-state index is 0.00902. The Bertz CT molecular complexity index is 1070. The number of rotatable bonds is 8. The summed E-state index contributed by atoms with van der Waals surface area (Å²) < 4.78 is 11.5. The van der Waals surface area contributed by atoms with Crippen molar-refractivity contribution in [2.75, 3.05) is 19.7 Å². The van der Waals surface area contributed by atoms with E-state index in [-0.39, 0.29) is 30.9 Å². The van der Waals surface area contributed by atoms with Gasteiger partial charge in [0.2, 0.25) is 11.8 Å². The molecule has 0 saturated carbocycles. The van der Waals surface area contributed by atoms with Gasteiger partial charge in [-0.2, -0.15) is 0 Å². The van der Waals surface area contributed by atoms with Gasteiger partial charge in [0.15, 0.2) is 0 Å². The smallest absolute Gasteiger partial charge is 0.242 e. The van der Waals surface area contributed by atoms with Crippen molar-refractivity contribution in [3.8, 4) is 5.75 Å². The van der Waals surface area contributed by atoms with Crippen molar-refractivity contribution < 1.29 is 18.7 Å². The highest BCUT2D eigenvalue weighted by atomic mass is 32.1. The third-order valence-corrected chi connectivity index (χ3v) is 7.06. The maximum absolute atomic E-state index is 13.4. The molecule has 2 amide bonds. The average molecular weight is 467 g/mol. The number of hydrogen-bond donors (Lipinski definition) is 0. The average Bonchev–Trinajstić information content (AvgIpc) is 3.49. The van der Waals surface area contributed by atoms with Crippen LogP contribution in [-0.2, 0) is 22.6 Å². The number of amides is 2. The summed E-state index contributed by atoms with van der Waals surface area (Å²) in [6.07, 6.45) is 2.38. The lowest BCUT2D eigenvalue weighted by atomic mass is 10.00. The summed E-state index contributed by atoms with van der Waals surface area (Å²) in [6, 6.07) is 13.6. The summed E-state index contributed by atoms with van der Waals surface area (Å²) in [7, 11) is 0. The monoisotopic (exact) mass is 466 g/mol. The number of hydrogen-bond acceptors (Lipinski definition) is 5. The molecular formula is C26H30N2O4S. The molecule has 1 aromatic carbocycles. The Morgan fingerprint density at radius 3 is 2.67 bits per heavy atom. The van der Waals surface area contributed by atoms with Crippen molar-refractivity contribution in [1.82, 2.24) is 9.80 Å². The molecule has 0 aliphatic carbocycles. The van der Waals surface area contributed by atoms with E-state index in [9.17, 15) is 9.59 Å². The van der Waals surface area contributed by atoms with Crippen molar-refractivity contribution in [2.24, 2.45) is 0 Å². The van der Waals surface area contributed by atoms with Crippen molar-refractivity contribution >= 4 is 23.2 Å². The highest BCUT2D eigenvalue weighted by molar-refractivity contribution is 7.10. The summed E-state index contributed by atoms with van der Waals surface area (Å²) in [5.74, 6) is 1.66. The van der Waals surface area contributed by atoms with Crippen molar-refractivity contribution in [2.45, 2.75) is 45.7 Å². The minimum atomic E-state index is -0.185. The van der Waals surface area contributed by atoms with Gasteiger partial charge in [-0.05, 0) is 59.2 Å². The predicted octanol–water partition coefficient (Wildman–Crippen LogP) is 5.02. The van der Waals surface area contributed by atoms with Gasteiger partial charge in [0, 0.05) is 18.3 Å². The highest BCUT2D eigenvalue weighted by Gasteiger charge is 2.33. The molecule has 3 aromatic rings. The Labute approximate surface area is 198 Å². The van der Waals surface area contributed by atoms with Crippen LogP contribution in [0.3, 0.4) is 0 Å². The molecule has 1 atom stereocenters. The number of thiophene rings is 1. The second kappa shape index (κ2) is 10.3. The lowest BCUT2D eigenvalue weighted by molar-refractivity contribution is -0.142. The van der Waals surface area contributed by atoms with Gasteiger partial charge in [-0.15, -0.1) is 11.3 Å². The number of ether oxygens (including phenoxy) is 1. The molecule has 0 N–H and O–H groups in total. The van der Waals surface area contributed by atoms with Crippen LogP contribution in [0.2, 0.25) is 0 Å². The van der Waals surface area contributed by atoms with Crippen LogP contribution in [0.25, 0.3) is 0 Å². The van der Waals surface area contributed by atoms with E-state index in [4.69, 9.17) is 9.15 Å². The summed E-state index contributed by atoms with van der Waals surface area (Å²) in [6.45, 7) is 7.06. The van der Waals surface area contributed by atoms with Crippen LogP contribution in [0.1, 0.15) is 54.5 Å². The first-order valence-corrected chi connectivity index (χ1v) is 12.2. The SMILES string of the molecule is CC(=O)N(CC(=O)N1CCc2sccc2[C@@H]1COc1ccc(C(C)C)cc1)Cc1ccco1. The number of fused-ring (bicyclic) bond motifs is 1. The first-order valence-electron chi connectivity index (χ1n) is 11.3. The third kappa shape index (κ3) is 5.47. The molecule has 1 aliphatic heterocycles. The van der Waals surface area contributed by atoms with Crippen LogP contribution in [0.15, 0.2) is 58.5 Å². The van der Waals surface area contributed by atoms with E-state index in [0.717, 1.165) is 17.7 Å². The standard InChI is InChI=1S/C26H30N2O4S/c1-18(2)20-6-8-21(9-7-20)32-17-24-23-11-14-33-25(23)10-12-28(24)26(30)16-27(19(3)29)15-22-5-4-13-31-22/h4-9,11,13-14,18,24H,10,12,15-17H2,1-3H3/t24-/m0/s1.